The second-order valence-electron chi connectivity index (χ2n) is 12.3. The fourth-order valence-electron chi connectivity index (χ4n) is 6.92. The second kappa shape index (κ2) is 15.8. The number of rotatable bonds is 13. The number of nitrogens with zero attached hydrogens (tertiary/aromatic N) is 2. The minimum absolute atomic E-state index is 0.0116. The molecule has 0 saturated carbocycles. The zero-order chi connectivity index (χ0) is 35.1. The van der Waals surface area contributed by atoms with Gasteiger partial charge in [0, 0.05) is 30.2 Å². The highest BCUT2D eigenvalue weighted by atomic mass is 35.5. The van der Waals surface area contributed by atoms with Crippen LogP contribution in [0.15, 0.2) is 84.9 Å². The van der Waals surface area contributed by atoms with Crippen molar-refractivity contribution in [3.8, 4) is 28.7 Å². The Balaban J connectivity index is 1.50. The Morgan fingerprint density at radius 2 is 1.37 bits per heavy atom. The van der Waals surface area contributed by atoms with Crippen molar-refractivity contribution in [1.82, 2.24) is 9.80 Å². The van der Waals surface area contributed by atoms with E-state index < -0.39 is 17.7 Å². The zero-order valence-corrected chi connectivity index (χ0v) is 30.0. The van der Waals surface area contributed by atoms with Gasteiger partial charge in [0.1, 0.15) is 0 Å². The van der Waals surface area contributed by atoms with Gasteiger partial charge in [-0.15, -0.1) is 0 Å². The van der Waals surface area contributed by atoms with Crippen LogP contribution in [0, 0.1) is 0 Å². The molecule has 260 valence electrons. The van der Waals surface area contributed by atoms with Crippen LogP contribution in [0.25, 0.3) is 0 Å². The molecule has 1 heterocycles. The molecule has 0 bridgehead atoms. The van der Waals surface area contributed by atoms with E-state index >= 15 is 0 Å². The summed E-state index contributed by atoms with van der Waals surface area (Å²) < 4.78 is 33.8. The lowest BCUT2D eigenvalue weighted by Crippen LogP contribution is -2.65. The van der Waals surface area contributed by atoms with Crippen molar-refractivity contribution in [3.05, 3.63) is 112 Å². The predicted molar refractivity (Wildman–Crippen MR) is 191 cm³/mol. The highest BCUT2D eigenvalue weighted by Crippen LogP contribution is 2.40. The second-order valence-corrected chi connectivity index (χ2v) is 12.7. The Morgan fingerprint density at radius 3 is 1.96 bits per heavy atom. The number of hydrogen-bond donors (Lipinski definition) is 0. The first-order valence-electron chi connectivity index (χ1n) is 16.2. The normalized spacial score (nSPS) is 17.9. The highest BCUT2D eigenvalue weighted by molar-refractivity contribution is 6.30. The number of ether oxygens (including phenoxy) is 6. The van der Waals surface area contributed by atoms with Crippen LogP contribution in [0.5, 0.6) is 28.7 Å². The third-order valence-corrected chi connectivity index (χ3v) is 9.43. The summed E-state index contributed by atoms with van der Waals surface area (Å²) in [5.41, 5.74) is 3.23. The van der Waals surface area contributed by atoms with Crippen LogP contribution < -0.4 is 23.7 Å². The summed E-state index contributed by atoms with van der Waals surface area (Å²) in [6.07, 6.45) is 0.0857. The van der Waals surface area contributed by atoms with Gasteiger partial charge in [-0.1, -0.05) is 60.1 Å². The lowest BCUT2D eigenvalue weighted by atomic mass is 9.85. The largest absolute Gasteiger partial charge is 0.493 e. The summed E-state index contributed by atoms with van der Waals surface area (Å²) in [7, 11) is 7.82. The van der Waals surface area contributed by atoms with E-state index in [2.05, 4.69) is 59.2 Å². The lowest BCUT2D eigenvalue weighted by molar-refractivity contribution is -0.104. The van der Waals surface area contributed by atoms with Crippen LogP contribution in [0.2, 0.25) is 5.02 Å². The van der Waals surface area contributed by atoms with Gasteiger partial charge in [0.2, 0.25) is 5.75 Å². The number of methoxy groups -OCH3 is 5. The van der Waals surface area contributed by atoms with E-state index in [0.717, 1.165) is 17.7 Å². The van der Waals surface area contributed by atoms with Crippen LogP contribution in [0.1, 0.15) is 46.9 Å². The summed E-state index contributed by atoms with van der Waals surface area (Å²) >= 11 is 6.32. The molecular weight excluding hydrogens is 644 g/mol. The number of carbonyl (C=O) groups excluding carboxylic acids is 1. The van der Waals surface area contributed by atoms with Crippen molar-refractivity contribution in [1.29, 1.82) is 0 Å². The molecule has 9 nitrogen and oxygen atoms in total. The van der Waals surface area contributed by atoms with Crippen LogP contribution in [0.3, 0.4) is 0 Å². The molecule has 49 heavy (non-hydrogen) atoms. The Bertz CT molecular complexity index is 1690. The number of benzene rings is 4. The minimum atomic E-state index is -0.565. The van der Waals surface area contributed by atoms with E-state index in [1.54, 1.807) is 26.4 Å². The fourth-order valence-corrected chi connectivity index (χ4v) is 7.05. The zero-order valence-electron chi connectivity index (χ0n) is 29.2. The summed E-state index contributed by atoms with van der Waals surface area (Å²) in [6.45, 7) is 6.20. The van der Waals surface area contributed by atoms with Crippen molar-refractivity contribution in [2.45, 2.75) is 38.1 Å². The average molecular weight is 689 g/mol. The van der Waals surface area contributed by atoms with Crippen molar-refractivity contribution in [2.24, 2.45) is 0 Å². The van der Waals surface area contributed by atoms with Gasteiger partial charge in [-0.05, 0) is 73.4 Å². The Morgan fingerprint density at radius 1 is 0.755 bits per heavy atom. The van der Waals surface area contributed by atoms with Gasteiger partial charge in [0.05, 0.1) is 47.2 Å². The van der Waals surface area contributed by atoms with E-state index in [9.17, 15) is 4.79 Å². The topological polar surface area (TPSA) is 78.9 Å². The van der Waals surface area contributed by atoms with E-state index in [0.29, 0.717) is 58.8 Å². The number of halogens is 1. The van der Waals surface area contributed by atoms with Crippen molar-refractivity contribution in [3.63, 3.8) is 0 Å². The molecule has 1 aliphatic heterocycles. The smallest absolute Gasteiger partial charge is 0.339 e. The predicted octanol–water partition coefficient (Wildman–Crippen LogP) is 7.29. The minimum Gasteiger partial charge on any atom is -0.493 e. The maximum absolute atomic E-state index is 13.7. The van der Waals surface area contributed by atoms with Crippen LogP contribution >= 0.6 is 11.6 Å². The molecular formula is C39H45ClN2O7. The van der Waals surface area contributed by atoms with Crippen molar-refractivity contribution >= 4 is 17.6 Å². The molecule has 4 aromatic carbocycles. The average Bonchev–Trinajstić information content (AvgIpc) is 3.12. The fraction of sp³-hybridized carbons (Fsp3) is 0.359. The highest BCUT2D eigenvalue weighted by Gasteiger charge is 2.43. The first-order chi connectivity index (χ1) is 23.6. The quantitative estimate of drug-likeness (QED) is 0.135. The summed E-state index contributed by atoms with van der Waals surface area (Å²) in [5, 5.41) is 0.696. The lowest BCUT2D eigenvalue weighted by Gasteiger charge is -2.53. The maximum Gasteiger partial charge on any atom is 0.339 e. The molecule has 0 aromatic heterocycles. The summed E-state index contributed by atoms with van der Waals surface area (Å²) in [6, 6.07) is 27.8. The van der Waals surface area contributed by atoms with E-state index in [1.165, 1.54) is 26.9 Å². The van der Waals surface area contributed by atoms with Gasteiger partial charge < -0.3 is 28.4 Å². The molecule has 1 fully saturated rings. The molecule has 0 radical (unpaired) electrons. The first kappa shape index (κ1) is 35.9. The molecule has 0 spiro atoms. The Labute approximate surface area is 294 Å². The van der Waals surface area contributed by atoms with E-state index in [1.807, 2.05) is 37.3 Å². The Kier molecular flexibility index (Phi) is 11.6. The molecule has 4 aromatic rings. The summed E-state index contributed by atoms with van der Waals surface area (Å²) in [4.78, 5) is 18.5. The monoisotopic (exact) mass is 688 g/mol. The molecule has 1 aliphatic rings. The van der Waals surface area contributed by atoms with E-state index in [-0.39, 0.29) is 6.04 Å². The third kappa shape index (κ3) is 7.90. The van der Waals surface area contributed by atoms with Crippen LogP contribution in [-0.2, 0) is 11.2 Å². The van der Waals surface area contributed by atoms with Gasteiger partial charge in [0.15, 0.2) is 29.2 Å². The van der Waals surface area contributed by atoms with Gasteiger partial charge in [0.25, 0.3) is 0 Å². The van der Waals surface area contributed by atoms with Crippen molar-refractivity contribution in [2.75, 3.05) is 55.2 Å². The molecule has 0 amide bonds. The van der Waals surface area contributed by atoms with Crippen LogP contribution in [0.4, 0.5) is 0 Å². The Hall–Kier alpha value is -4.44. The number of carbonyl (C=O) groups is 1. The molecule has 3 atom stereocenters. The SMILES string of the molecule is COc1ccc(CC2(C)CN(C(c3ccccc3)c3ccc(Cl)cc3)CCN2C(C)OC(=O)c2cc(OC)c(OC)c(OC)c2)cc1OC. The van der Waals surface area contributed by atoms with Gasteiger partial charge >= 0.3 is 5.97 Å². The molecule has 0 N–H and O–H groups in total. The number of hydrogen-bond acceptors (Lipinski definition) is 9. The van der Waals surface area contributed by atoms with Gasteiger partial charge in [-0.3, -0.25) is 9.80 Å². The molecule has 3 unspecified atom stereocenters. The number of piperazine rings is 1. The van der Waals surface area contributed by atoms with Crippen LogP contribution in [-0.4, -0.2) is 82.7 Å². The standard InChI is InChI=1S/C39H45ClN2O7/c1-26(49-38(43)30-22-34(46-5)37(48-7)35(23-30)47-6)42-20-19-41(25-39(42,2)24-27-13-18-32(44-3)33(21-27)45-4)36(28-11-9-8-10-12-28)29-14-16-31(40)17-15-29/h8-18,21-23,26,36H,19-20,24-25H2,1-7H3. The third-order valence-electron chi connectivity index (χ3n) is 9.18. The van der Waals surface area contributed by atoms with Crippen molar-refractivity contribution < 1.29 is 33.2 Å². The first-order valence-corrected chi connectivity index (χ1v) is 16.6. The van der Waals surface area contributed by atoms with Gasteiger partial charge in [-0.2, -0.15) is 0 Å². The maximum atomic E-state index is 13.7. The van der Waals surface area contributed by atoms with E-state index in [4.69, 9.17) is 40.0 Å². The molecule has 1 saturated heterocycles. The summed E-state index contributed by atoms with van der Waals surface area (Å²) in [5.74, 6) is 1.99. The molecule has 10 heteroatoms. The van der Waals surface area contributed by atoms with Gasteiger partial charge in [-0.25, -0.2) is 4.79 Å². The molecule has 0 aliphatic carbocycles. The number of esters is 1. The molecule has 5 rings (SSSR count).